The number of aromatic nitrogens is 1. The lowest BCUT2D eigenvalue weighted by molar-refractivity contribution is 0.767. The Hall–Kier alpha value is -8.72. The standard InChI is InChI=1S/C69H52N2/c1-47-29-36-54(37-30-47)69(55-38-31-48(2)32-39-55)62-25-16-28-67(71-64-26-14-12-23-58(64)59-24-13-15-27-65(59)71)68(62)60-43-42-57(46-63(60)69)70(56-40-33-51(34-41-56)49-17-6-3-7-18-49)66-44-35-53(50-19-8-4-9-20-50)45-61(66)52-21-10-5-11-22-52/h3-44,46,53H,45H2,1-2H3. The molecule has 0 aliphatic heterocycles. The molecule has 0 amide bonds. The van der Waals surface area contributed by atoms with Crippen molar-refractivity contribution in [3.05, 3.63) is 311 Å². The van der Waals surface area contributed by atoms with Crippen LogP contribution >= 0.6 is 0 Å². The summed E-state index contributed by atoms with van der Waals surface area (Å²) >= 11 is 0. The highest BCUT2D eigenvalue weighted by Crippen LogP contribution is 2.59. The Morgan fingerprint density at radius 1 is 0.451 bits per heavy atom. The first kappa shape index (κ1) is 42.4. The molecule has 0 saturated heterocycles. The molecule has 1 heterocycles. The van der Waals surface area contributed by atoms with E-state index in [9.17, 15) is 0 Å². The number of fused-ring (bicyclic) bond motifs is 6. The molecule has 71 heavy (non-hydrogen) atoms. The van der Waals surface area contributed by atoms with Crippen molar-refractivity contribution in [3.8, 4) is 27.9 Å². The zero-order valence-electron chi connectivity index (χ0n) is 40.0. The molecule has 2 aliphatic carbocycles. The maximum absolute atomic E-state index is 2.53. The lowest BCUT2D eigenvalue weighted by Gasteiger charge is -2.36. The summed E-state index contributed by atoms with van der Waals surface area (Å²) in [5, 5.41) is 2.51. The first-order chi connectivity index (χ1) is 35.0. The van der Waals surface area contributed by atoms with Crippen molar-refractivity contribution in [2.24, 2.45) is 0 Å². The van der Waals surface area contributed by atoms with E-state index in [-0.39, 0.29) is 5.92 Å². The van der Waals surface area contributed by atoms with Crippen LogP contribution in [0.2, 0.25) is 0 Å². The first-order valence-corrected chi connectivity index (χ1v) is 24.9. The van der Waals surface area contributed by atoms with Gasteiger partial charge in [0.25, 0.3) is 0 Å². The largest absolute Gasteiger partial charge is 0.310 e. The minimum atomic E-state index is -0.656. The normalized spacial score (nSPS) is 14.7. The van der Waals surface area contributed by atoms with E-state index in [2.05, 4.69) is 284 Å². The molecule has 1 unspecified atom stereocenters. The SMILES string of the molecule is Cc1ccc(C2(c3ccc(C)cc3)c3cc(N(C4=C(c5ccccc5)CC(c5ccccc5)C=C4)c4ccc(-c5ccccc5)cc4)ccc3-c3c(-n4c5ccccc5c5ccccc54)cccc32)cc1. The van der Waals surface area contributed by atoms with Crippen LogP contribution in [0.1, 0.15) is 56.8 Å². The molecule has 0 radical (unpaired) electrons. The first-order valence-electron chi connectivity index (χ1n) is 24.9. The van der Waals surface area contributed by atoms with Crippen molar-refractivity contribution in [2.45, 2.75) is 31.6 Å². The van der Waals surface area contributed by atoms with Gasteiger partial charge in [-0.3, -0.25) is 0 Å². The van der Waals surface area contributed by atoms with Crippen LogP contribution < -0.4 is 4.90 Å². The zero-order valence-corrected chi connectivity index (χ0v) is 40.0. The van der Waals surface area contributed by atoms with Crippen molar-refractivity contribution in [2.75, 3.05) is 4.90 Å². The molecule has 11 aromatic rings. The zero-order chi connectivity index (χ0) is 47.5. The van der Waals surface area contributed by atoms with E-state index in [4.69, 9.17) is 0 Å². The highest BCUT2D eigenvalue weighted by atomic mass is 15.1. The smallest absolute Gasteiger partial charge is 0.0715 e. The second-order valence-corrected chi connectivity index (χ2v) is 19.3. The highest BCUT2D eigenvalue weighted by molar-refractivity contribution is 6.10. The number of hydrogen-bond acceptors (Lipinski definition) is 1. The second-order valence-electron chi connectivity index (χ2n) is 19.3. The van der Waals surface area contributed by atoms with E-state index < -0.39 is 5.41 Å². The van der Waals surface area contributed by atoms with Crippen molar-refractivity contribution in [3.63, 3.8) is 0 Å². The van der Waals surface area contributed by atoms with Gasteiger partial charge < -0.3 is 9.47 Å². The summed E-state index contributed by atoms with van der Waals surface area (Å²) in [7, 11) is 0. The summed E-state index contributed by atoms with van der Waals surface area (Å²) in [6.07, 6.45) is 5.68. The number of anilines is 2. The summed E-state index contributed by atoms with van der Waals surface area (Å²) < 4.78 is 2.51. The summed E-state index contributed by atoms with van der Waals surface area (Å²) in [6, 6.07) is 92.6. The minimum absolute atomic E-state index is 0.238. The van der Waals surface area contributed by atoms with Gasteiger partial charge in [0.1, 0.15) is 0 Å². The van der Waals surface area contributed by atoms with E-state index in [1.807, 2.05) is 0 Å². The van der Waals surface area contributed by atoms with Gasteiger partial charge in [-0.05, 0) is 124 Å². The summed E-state index contributed by atoms with van der Waals surface area (Å²) in [6.45, 7) is 4.38. The van der Waals surface area contributed by atoms with E-state index in [1.54, 1.807) is 0 Å². The molecule has 10 aromatic carbocycles. The summed E-state index contributed by atoms with van der Waals surface area (Å²) in [4.78, 5) is 2.53. The Labute approximate surface area is 416 Å². The number of hydrogen-bond donors (Lipinski definition) is 0. The fourth-order valence-electron chi connectivity index (χ4n) is 11.8. The molecule has 0 saturated carbocycles. The Bertz CT molecular complexity index is 3720. The van der Waals surface area contributed by atoms with Crippen molar-refractivity contribution >= 4 is 38.8 Å². The predicted molar refractivity (Wildman–Crippen MR) is 298 cm³/mol. The molecule has 1 aromatic heterocycles. The number of benzene rings is 10. The molecule has 1 atom stereocenters. The number of para-hydroxylation sites is 2. The summed E-state index contributed by atoms with van der Waals surface area (Å²) in [5.41, 5.74) is 22.6. The third-order valence-corrected chi connectivity index (χ3v) is 15.2. The predicted octanol–water partition coefficient (Wildman–Crippen LogP) is 17.7. The van der Waals surface area contributed by atoms with Crippen LogP contribution in [-0.4, -0.2) is 4.57 Å². The van der Waals surface area contributed by atoms with Gasteiger partial charge in [-0.25, -0.2) is 0 Å². The maximum atomic E-state index is 2.53. The molecule has 2 heteroatoms. The van der Waals surface area contributed by atoms with Crippen LogP contribution in [0.5, 0.6) is 0 Å². The average molecular weight is 909 g/mol. The topological polar surface area (TPSA) is 8.17 Å². The Morgan fingerprint density at radius 2 is 0.986 bits per heavy atom. The van der Waals surface area contributed by atoms with Crippen molar-refractivity contribution < 1.29 is 0 Å². The molecular formula is C69H52N2. The van der Waals surface area contributed by atoms with Crippen molar-refractivity contribution in [1.29, 1.82) is 0 Å². The molecule has 2 nitrogen and oxygen atoms in total. The van der Waals surface area contributed by atoms with Crippen molar-refractivity contribution in [1.82, 2.24) is 4.57 Å². The van der Waals surface area contributed by atoms with Gasteiger partial charge in [0, 0.05) is 39.3 Å². The number of allylic oxidation sites excluding steroid dienone is 3. The molecular weight excluding hydrogens is 857 g/mol. The quantitative estimate of drug-likeness (QED) is 0.140. The Kier molecular flexibility index (Phi) is 10.4. The lowest BCUT2D eigenvalue weighted by atomic mass is 9.67. The van der Waals surface area contributed by atoms with Gasteiger partial charge in [-0.2, -0.15) is 0 Å². The fraction of sp³-hybridized carbons (Fsp3) is 0.0725. The van der Waals surface area contributed by atoms with Crippen LogP contribution in [0.15, 0.2) is 267 Å². The number of rotatable bonds is 9. The molecule has 338 valence electrons. The van der Waals surface area contributed by atoms with Gasteiger partial charge in [0.05, 0.1) is 22.1 Å². The summed E-state index contributed by atoms with van der Waals surface area (Å²) in [5.74, 6) is 0.238. The molecule has 0 N–H and O–H groups in total. The van der Waals surface area contributed by atoms with Gasteiger partial charge in [0.15, 0.2) is 0 Å². The second kappa shape index (κ2) is 17.4. The number of aryl methyl sites for hydroxylation is 2. The molecule has 0 bridgehead atoms. The van der Waals surface area contributed by atoms with Crippen LogP contribution in [0.25, 0.3) is 55.3 Å². The fourth-order valence-corrected chi connectivity index (χ4v) is 11.8. The van der Waals surface area contributed by atoms with E-state index in [1.165, 1.54) is 106 Å². The molecule has 0 fully saturated rings. The molecule has 2 aliphatic rings. The Balaban J connectivity index is 1.11. The Morgan fingerprint density at radius 3 is 1.61 bits per heavy atom. The third kappa shape index (κ3) is 7.01. The maximum Gasteiger partial charge on any atom is 0.0715 e. The number of nitrogens with zero attached hydrogens (tertiary/aromatic N) is 2. The van der Waals surface area contributed by atoms with Gasteiger partial charge >= 0.3 is 0 Å². The van der Waals surface area contributed by atoms with Crippen LogP contribution in [0, 0.1) is 13.8 Å². The van der Waals surface area contributed by atoms with E-state index in [0.717, 1.165) is 17.8 Å². The molecule has 13 rings (SSSR count). The van der Waals surface area contributed by atoms with Crippen LogP contribution in [-0.2, 0) is 5.41 Å². The average Bonchev–Trinajstić information content (AvgIpc) is 3.93. The lowest BCUT2D eigenvalue weighted by Crippen LogP contribution is -2.29. The monoisotopic (exact) mass is 908 g/mol. The van der Waals surface area contributed by atoms with Gasteiger partial charge in [-0.15, -0.1) is 0 Å². The van der Waals surface area contributed by atoms with Crippen LogP contribution in [0.4, 0.5) is 11.4 Å². The highest BCUT2D eigenvalue weighted by Gasteiger charge is 2.48. The van der Waals surface area contributed by atoms with E-state index in [0.29, 0.717) is 0 Å². The minimum Gasteiger partial charge on any atom is -0.310 e. The van der Waals surface area contributed by atoms with Gasteiger partial charge in [-0.1, -0.05) is 223 Å². The molecule has 0 spiro atoms. The van der Waals surface area contributed by atoms with E-state index >= 15 is 0 Å². The van der Waals surface area contributed by atoms with Gasteiger partial charge in [0.2, 0.25) is 0 Å². The third-order valence-electron chi connectivity index (χ3n) is 15.2. The van der Waals surface area contributed by atoms with Crippen LogP contribution in [0.3, 0.4) is 0 Å².